The van der Waals surface area contributed by atoms with Gasteiger partial charge in [-0.15, -0.1) is 0 Å². The lowest BCUT2D eigenvalue weighted by Gasteiger charge is -2.27. The summed E-state index contributed by atoms with van der Waals surface area (Å²) in [4.78, 5) is 14.1. The van der Waals surface area contributed by atoms with Gasteiger partial charge in [0.2, 0.25) is 5.91 Å². The normalized spacial score (nSPS) is 18.0. The minimum absolute atomic E-state index is 0.0149. The number of hydrogen-bond donors (Lipinski definition) is 1. The number of hydrogen-bond acceptors (Lipinski definition) is 3. The van der Waals surface area contributed by atoms with E-state index in [1.165, 1.54) is 6.42 Å². The first kappa shape index (κ1) is 15.6. The zero-order valence-corrected chi connectivity index (χ0v) is 12.7. The van der Waals surface area contributed by atoms with Crippen molar-refractivity contribution >= 4 is 5.91 Å². The molecular weight excluding hydrogens is 264 g/mol. The molecule has 21 heavy (non-hydrogen) atoms. The van der Waals surface area contributed by atoms with Gasteiger partial charge in [0.25, 0.3) is 0 Å². The maximum absolute atomic E-state index is 12.3. The quantitative estimate of drug-likeness (QED) is 0.817. The number of amides is 1. The van der Waals surface area contributed by atoms with E-state index in [1.54, 1.807) is 11.0 Å². The molecule has 1 aliphatic rings. The molecule has 1 aromatic rings. The average molecular weight is 288 g/mol. The number of carbonyl (C=O) groups is 1. The van der Waals surface area contributed by atoms with E-state index in [1.807, 2.05) is 31.3 Å². The van der Waals surface area contributed by atoms with E-state index in [-0.39, 0.29) is 11.9 Å². The van der Waals surface area contributed by atoms with Crippen LogP contribution in [-0.2, 0) is 11.3 Å². The molecule has 114 valence electrons. The Labute approximate surface area is 126 Å². The number of benzene rings is 1. The smallest absolute Gasteiger partial charge is 0.239 e. The van der Waals surface area contributed by atoms with Crippen molar-refractivity contribution in [1.82, 2.24) is 10.2 Å². The Morgan fingerprint density at radius 3 is 2.81 bits per heavy atom. The molecule has 1 saturated heterocycles. The topological polar surface area (TPSA) is 41.6 Å². The fraction of sp³-hybridized carbons (Fsp3) is 0.471. The Balaban J connectivity index is 1.87. The molecular formula is C17H24N2O2. The second-order valence-corrected chi connectivity index (χ2v) is 5.44. The number of rotatable bonds is 6. The number of nitrogens with one attached hydrogen (secondary N) is 1. The summed E-state index contributed by atoms with van der Waals surface area (Å²) in [5.41, 5.74) is 1.10. The zero-order chi connectivity index (χ0) is 15.1. The summed E-state index contributed by atoms with van der Waals surface area (Å²) >= 11 is 0. The van der Waals surface area contributed by atoms with Gasteiger partial charge in [0.05, 0.1) is 6.04 Å². The van der Waals surface area contributed by atoms with E-state index in [0.717, 1.165) is 30.7 Å². The molecule has 1 aromatic carbocycles. The van der Waals surface area contributed by atoms with Crippen LogP contribution in [0.1, 0.15) is 24.8 Å². The van der Waals surface area contributed by atoms with Crippen LogP contribution in [0.3, 0.4) is 0 Å². The molecule has 1 N–H and O–H groups in total. The summed E-state index contributed by atoms with van der Waals surface area (Å²) in [6, 6.07) is 7.83. The van der Waals surface area contributed by atoms with Crippen LogP contribution in [0.25, 0.3) is 0 Å². The first-order valence-corrected chi connectivity index (χ1v) is 7.51. The van der Waals surface area contributed by atoms with Crippen LogP contribution in [-0.4, -0.2) is 37.0 Å². The van der Waals surface area contributed by atoms with Gasteiger partial charge >= 0.3 is 0 Å². The molecule has 1 amide bonds. The van der Waals surface area contributed by atoms with Crippen LogP contribution >= 0.6 is 0 Å². The van der Waals surface area contributed by atoms with Gasteiger partial charge in [-0.2, -0.15) is 0 Å². The van der Waals surface area contributed by atoms with Crippen molar-refractivity contribution < 1.29 is 9.53 Å². The largest absolute Gasteiger partial charge is 0.490 e. The highest BCUT2D eigenvalue weighted by molar-refractivity contribution is 5.81. The number of nitrogens with zero attached hydrogens (tertiary/aromatic N) is 1. The molecule has 1 atom stereocenters. The van der Waals surface area contributed by atoms with Gasteiger partial charge in [-0.1, -0.05) is 31.2 Å². The van der Waals surface area contributed by atoms with Crippen molar-refractivity contribution in [3.8, 4) is 5.75 Å². The monoisotopic (exact) mass is 288 g/mol. The molecule has 1 fully saturated rings. The first-order chi connectivity index (χ1) is 10.2. The van der Waals surface area contributed by atoms with Crippen LogP contribution in [0.15, 0.2) is 36.9 Å². The maximum atomic E-state index is 12.3. The van der Waals surface area contributed by atoms with E-state index in [9.17, 15) is 4.79 Å². The SMILES string of the molecule is C=CCOc1ccc(CN(C)C(=O)[C@@H]2CCCCN2)cc1. The lowest BCUT2D eigenvalue weighted by atomic mass is 10.0. The van der Waals surface area contributed by atoms with Crippen LogP contribution in [0.5, 0.6) is 5.75 Å². The number of carbonyl (C=O) groups excluding carboxylic acids is 1. The van der Waals surface area contributed by atoms with E-state index < -0.39 is 0 Å². The van der Waals surface area contributed by atoms with Crippen molar-refractivity contribution in [2.24, 2.45) is 0 Å². The number of piperidine rings is 1. The van der Waals surface area contributed by atoms with Crippen LogP contribution in [0.4, 0.5) is 0 Å². The second-order valence-electron chi connectivity index (χ2n) is 5.44. The van der Waals surface area contributed by atoms with Crippen molar-refractivity contribution in [1.29, 1.82) is 0 Å². The predicted molar refractivity (Wildman–Crippen MR) is 84.2 cm³/mol. The van der Waals surface area contributed by atoms with E-state index in [0.29, 0.717) is 13.2 Å². The summed E-state index contributed by atoms with van der Waals surface area (Å²) in [5, 5.41) is 3.30. The summed E-state index contributed by atoms with van der Waals surface area (Å²) in [7, 11) is 1.86. The lowest BCUT2D eigenvalue weighted by molar-refractivity contribution is -0.133. The fourth-order valence-electron chi connectivity index (χ4n) is 2.53. The Hall–Kier alpha value is -1.81. The highest BCUT2D eigenvalue weighted by Gasteiger charge is 2.23. The zero-order valence-electron chi connectivity index (χ0n) is 12.7. The van der Waals surface area contributed by atoms with E-state index in [2.05, 4.69) is 11.9 Å². The van der Waals surface area contributed by atoms with Gasteiger partial charge in [0, 0.05) is 13.6 Å². The van der Waals surface area contributed by atoms with Crippen LogP contribution in [0, 0.1) is 0 Å². The molecule has 0 aliphatic carbocycles. The second kappa shape index (κ2) is 7.84. The van der Waals surface area contributed by atoms with Gasteiger partial charge in [0.15, 0.2) is 0 Å². The summed E-state index contributed by atoms with van der Waals surface area (Å²) in [6.45, 7) is 5.69. The summed E-state index contributed by atoms with van der Waals surface area (Å²) in [6.07, 6.45) is 4.96. The number of ether oxygens (including phenoxy) is 1. The van der Waals surface area contributed by atoms with Crippen LogP contribution in [0.2, 0.25) is 0 Å². The van der Waals surface area contributed by atoms with Gasteiger partial charge in [-0.25, -0.2) is 0 Å². The third kappa shape index (κ3) is 4.60. The Bertz CT molecular complexity index is 464. The molecule has 1 aliphatic heterocycles. The van der Waals surface area contributed by atoms with E-state index in [4.69, 9.17) is 4.74 Å². The molecule has 4 heteroatoms. The first-order valence-electron chi connectivity index (χ1n) is 7.51. The highest BCUT2D eigenvalue weighted by atomic mass is 16.5. The Morgan fingerprint density at radius 1 is 1.43 bits per heavy atom. The van der Waals surface area contributed by atoms with Crippen molar-refractivity contribution in [3.63, 3.8) is 0 Å². The number of likely N-dealkylation sites (N-methyl/N-ethyl adjacent to an activating group) is 1. The standard InChI is InChI=1S/C17H24N2O2/c1-3-12-21-15-9-7-14(8-10-15)13-19(2)17(20)16-6-4-5-11-18-16/h3,7-10,16,18H,1,4-6,11-13H2,2H3/t16-/m0/s1. The Morgan fingerprint density at radius 2 is 2.19 bits per heavy atom. The molecule has 0 aromatic heterocycles. The van der Waals surface area contributed by atoms with Gasteiger partial charge < -0.3 is 15.0 Å². The molecule has 2 rings (SSSR count). The highest BCUT2D eigenvalue weighted by Crippen LogP contribution is 2.15. The van der Waals surface area contributed by atoms with E-state index >= 15 is 0 Å². The van der Waals surface area contributed by atoms with Gasteiger partial charge in [0.1, 0.15) is 12.4 Å². The molecule has 0 spiro atoms. The average Bonchev–Trinajstić information content (AvgIpc) is 2.54. The Kier molecular flexibility index (Phi) is 5.81. The summed E-state index contributed by atoms with van der Waals surface area (Å²) < 4.78 is 5.45. The molecule has 0 radical (unpaired) electrons. The third-order valence-electron chi connectivity index (χ3n) is 3.70. The van der Waals surface area contributed by atoms with Crippen molar-refractivity contribution in [2.45, 2.75) is 31.8 Å². The lowest BCUT2D eigenvalue weighted by Crippen LogP contribution is -2.46. The van der Waals surface area contributed by atoms with Gasteiger partial charge in [-0.3, -0.25) is 4.79 Å². The minimum Gasteiger partial charge on any atom is -0.490 e. The predicted octanol–water partition coefficient (Wildman–Crippen LogP) is 2.35. The molecule has 0 saturated carbocycles. The molecule has 4 nitrogen and oxygen atoms in total. The molecule has 1 heterocycles. The van der Waals surface area contributed by atoms with Crippen LogP contribution < -0.4 is 10.1 Å². The van der Waals surface area contributed by atoms with Crippen molar-refractivity contribution in [2.75, 3.05) is 20.2 Å². The van der Waals surface area contributed by atoms with Gasteiger partial charge in [-0.05, 0) is 37.1 Å². The molecule has 0 unspecified atom stereocenters. The summed E-state index contributed by atoms with van der Waals surface area (Å²) in [5.74, 6) is 1.00. The fourth-order valence-corrected chi connectivity index (χ4v) is 2.53. The maximum Gasteiger partial charge on any atom is 0.239 e. The van der Waals surface area contributed by atoms with Crippen molar-refractivity contribution in [3.05, 3.63) is 42.5 Å². The molecule has 0 bridgehead atoms. The minimum atomic E-state index is -0.0149. The third-order valence-corrected chi connectivity index (χ3v) is 3.70.